The summed E-state index contributed by atoms with van der Waals surface area (Å²) >= 11 is 0. The van der Waals surface area contributed by atoms with Crippen LogP contribution in [0.1, 0.15) is 13.8 Å². The molecule has 1 atom stereocenters. The van der Waals surface area contributed by atoms with Crippen LogP contribution in [0.5, 0.6) is 0 Å². The van der Waals surface area contributed by atoms with Crippen molar-refractivity contribution in [2.75, 3.05) is 6.54 Å². The van der Waals surface area contributed by atoms with Gasteiger partial charge in [0.15, 0.2) is 0 Å². The van der Waals surface area contributed by atoms with E-state index in [4.69, 9.17) is 16.6 Å². The number of hydrogen-bond acceptors (Lipinski definition) is 5. The fourth-order valence-corrected chi connectivity index (χ4v) is 1.70. The molecule has 1 aliphatic heterocycles. The van der Waals surface area contributed by atoms with E-state index in [2.05, 4.69) is 10.3 Å². The van der Waals surface area contributed by atoms with Crippen molar-refractivity contribution in [2.24, 2.45) is 16.5 Å². The lowest BCUT2D eigenvalue weighted by molar-refractivity contribution is -0.135. The standard InChI is InChI=1S/C11H16N4O3/c1-5-3-7(9(12)11(13)18)10(6(2)15-5)14-4-8(16)17/h3,6,15H,4,12H2,1-2H3,(H2,13,18)(H,16,17). The Balaban J connectivity index is 3.27. The van der Waals surface area contributed by atoms with Crippen molar-refractivity contribution in [3.05, 3.63) is 23.0 Å². The van der Waals surface area contributed by atoms with Gasteiger partial charge in [-0.2, -0.15) is 0 Å². The molecule has 98 valence electrons. The number of carbonyl (C=O) groups is 2. The van der Waals surface area contributed by atoms with Gasteiger partial charge < -0.3 is 21.9 Å². The van der Waals surface area contributed by atoms with Crippen molar-refractivity contribution in [1.82, 2.24) is 5.32 Å². The summed E-state index contributed by atoms with van der Waals surface area (Å²) in [5.41, 5.74) is 12.2. The summed E-state index contributed by atoms with van der Waals surface area (Å²) in [6.07, 6.45) is 1.63. The van der Waals surface area contributed by atoms with Gasteiger partial charge in [-0.1, -0.05) is 0 Å². The monoisotopic (exact) mass is 252 g/mol. The van der Waals surface area contributed by atoms with Crippen molar-refractivity contribution in [1.29, 1.82) is 0 Å². The Kier molecular flexibility index (Phi) is 4.09. The molecule has 0 saturated heterocycles. The maximum Gasteiger partial charge on any atom is 0.325 e. The molecule has 1 rings (SSSR count). The largest absolute Gasteiger partial charge is 0.480 e. The van der Waals surface area contributed by atoms with E-state index in [0.717, 1.165) is 5.70 Å². The first-order chi connectivity index (χ1) is 8.32. The van der Waals surface area contributed by atoms with Gasteiger partial charge in [0, 0.05) is 11.3 Å². The molecule has 0 aromatic carbocycles. The lowest BCUT2D eigenvalue weighted by atomic mass is 9.97. The van der Waals surface area contributed by atoms with Gasteiger partial charge in [0.05, 0.1) is 11.8 Å². The number of allylic oxidation sites excluding steroid dienone is 2. The van der Waals surface area contributed by atoms with Gasteiger partial charge in [-0.25, -0.2) is 0 Å². The molecule has 6 N–H and O–H groups in total. The quantitative estimate of drug-likeness (QED) is 0.484. The van der Waals surface area contributed by atoms with Crippen molar-refractivity contribution in [3.63, 3.8) is 0 Å². The zero-order chi connectivity index (χ0) is 13.9. The predicted octanol–water partition coefficient (Wildman–Crippen LogP) is -0.894. The molecular weight excluding hydrogens is 236 g/mol. The molecule has 0 aromatic heterocycles. The molecule has 18 heavy (non-hydrogen) atoms. The van der Waals surface area contributed by atoms with Crippen LogP contribution in [0.25, 0.3) is 0 Å². The van der Waals surface area contributed by atoms with Crippen LogP contribution in [0.2, 0.25) is 0 Å². The van der Waals surface area contributed by atoms with Crippen molar-refractivity contribution in [2.45, 2.75) is 19.9 Å². The Morgan fingerprint density at radius 1 is 1.50 bits per heavy atom. The van der Waals surface area contributed by atoms with E-state index in [1.807, 2.05) is 0 Å². The summed E-state index contributed by atoms with van der Waals surface area (Å²) in [5, 5.41) is 11.7. The minimum Gasteiger partial charge on any atom is -0.480 e. The zero-order valence-corrected chi connectivity index (χ0v) is 10.2. The summed E-state index contributed by atoms with van der Waals surface area (Å²) in [7, 11) is 0. The molecule has 0 bridgehead atoms. The van der Waals surface area contributed by atoms with Crippen LogP contribution in [-0.2, 0) is 9.59 Å². The third kappa shape index (κ3) is 3.09. The first-order valence-electron chi connectivity index (χ1n) is 5.33. The van der Waals surface area contributed by atoms with Crippen molar-refractivity contribution >= 4 is 17.6 Å². The van der Waals surface area contributed by atoms with Gasteiger partial charge in [0.2, 0.25) is 0 Å². The Hall–Kier alpha value is -2.31. The number of nitrogens with two attached hydrogens (primary N) is 2. The average Bonchev–Trinajstić information content (AvgIpc) is 2.25. The fourth-order valence-electron chi connectivity index (χ4n) is 1.70. The first-order valence-corrected chi connectivity index (χ1v) is 5.33. The molecular formula is C11H16N4O3. The summed E-state index contributed by atoms with van der Waals surface area (Å²) in [6, 6.07) is -0.234. The number of hydrogen-bond donors (Lipinski definition) is 4. The first kappa shape index (κ1) is 13.8. The molecule has 1 heterocycles. The number of carboxylic acids is 1. The fraction of sp³-hybridized carbons (Fsp3) is 0.364. The molecule has 7 heteroatoms. The summed E-state index contributed by atoms with van der Waals surface area (Å²) in [6.45, 7) is 3.22. The number of primary amides is 1. The van der Waals surface area contributed by atoms with Crippen LogP contribution in [0.3, 0.4) is 0 Å². The van der Waals surface area contributed by atoms with Crippen molar-refractivity contribution in [3.8, 4) is 0 Å². The molecule has 0 aliphatic carbocycles. The molecule has 1 unspecified atom stereocenters. The third-order valence-corrected chi connectivity index (χ3v) is 2.43. The van der Waals surface area contributed by atoms with Crippen LogP contribution in [0.4, 0.5) is 0 Å². The van der Waals surface area contributed by atoms with Gasteiger partial charge in [-0.15, -0.1) is 0 Å². The van der Waals surface area contributed by atoms with Gasteiger partial charge in [-0.3, -0.25) is 14.6 Å². The molecule has 0 radical (unpaired) electrons. The van der Waals surface area contributed by atoms with Crippen molar-refractivity contribution < 1.29 is 14.7 Å². The van der Waals surface area contributed by atoms with Gasteiger partial charge in [-0.05, 0) is 19.9 Å². The third-order valence-electron chi connectivity index (χ3n) is 2.43. The van der Waals surface area contributed by atoms with E-state index >= 15 is 0 Å². The molecule has 1 amide bonds. The Morgan fingerprint density at radius 2 is 2.11 bits per heavy atom. The Morgan fingerprint density at radius 3 is 2.61 bits per heavy atom. The number of nitrogens with one attached hydrogen (secondary N) is 1. The number of aliphatic carboxylic acids is 1. The number of nitrogens with zero attached hydrogens (tertiary/aromatic N) is 1. The SMILES string of the molecule is CC1=CC(=C(N)C(N)=O)C(=NCC(=O)O)C(C)N1. The molecule has 7 nitrogen and oxygen atoms in total. The number of rotatable bonds is 3. The second-order valence-corrected chi connectivity index (χ2v) is 3.98. The highest BCUT2D eigenvalue weighted by atomic mass is 16.4. The van der Waals surface area contributed by atoms with Crippen LogP contribution in [0.15, 0.2) is 28.0 Å². The van der Waals surface area contributed by atoms with E-state index in [-0.39, 0.29) is 18.3 Å². The van der Waals surface area contributed by atoms with Gasteiger partial charge in [0.25, 0.3) is 5.91 Å². The molecule has 1 aliphatic rings. The zero-order valence-electron chi connectivity index (χ0n) is 10.2. The molecule has 0 saturated carbocycles. The summed E-state index contributed by atoms with van der Waals surface area (Å²) in [4.78, 5) is 25.6. The predicted molar refractivity (Wildman–Crippen MR) is 66.7 cm³/mol. The van der Waals surface area contributed by atoms with Crippen LogP contribution in [0, 0.1) is 0 Å². The average molecular weight is 252 g/mol. The minimum absolute atomic E-state index is 0.119. The van der Waals surface area contributed by atoms with Crippen LogP contribution < -0.4 is 16.8 Å². The number of amides is 1. The lowest BCUT2D eigenvalue weighted by Crippen LogP contribution is -2.40. The number of carboxylic acid groups (broad SMARTS) is 1. The summed E-state index contributed by atoms with van der Waals surface area (Å²) < 4.78 is 0. The van der Waals surface area contributed by atoms with E-state index in [0.29, 0.717) is 11.3 Å². The van der Waals surface area contributed by atoms with Crippen LogP contribution in [-0.4, -0.2) is 35.3 Å². The van der Waals surface area contributed by atoms with E-state index in [1.54, 1.807) is 19.9 Å². The highest BCUT2D eigenvalue weighted by Crippen LogP contribution is 2.16. The molecule has 0 spiro atoms. The topological polar surface area (TPSA) is 131 Å². The maximum absolute atomic E-state index is 11.1. The second-order valence-electron chi connectivity index (χ2n) is 3.98. The van der Waals surface area contributed by atoms with Gasteiger partial charge in [0.1, 0.15) is 12.2 Å². The molecule has 0 aromatic rings. The normalized spacial score (nSPS) is 24.2. The van der Waals surface area contributed by atoms with E-state index < -0.39 is 11.9 Å². The van der Waals surface area contributed by atoms with Crippen LogP contribution >= 0.6 is 0 Å². The smallest absolute Gasteiger partial charge is 0.325 e. The maximum atomic E-state index is 11.1. The Bertz CT molecular complexity index is 477. The van der Waals surface area contributed by atoms with E-state index in [9.17, 15) is 9.59 Å². The lowest BCUT2D eigenvalue weighted by Gasteiger charge is -2.25. The highest BCUT2D eigenvalue weighted by Gasteiger charge is 2.23. The Labute approximate surface area is 104 Å². The minimum atomic E-state index is -1.06. The number of carbonyl (C=O) groups excluding carboxylic acids is 1. The van der Waals surface area contributed by atoms with E-state index in [1.165, 1.54) is 0 Å². The van der Waals surface area contributed by atoms with Gasteiger partial charge >= 0.3 is 5.97 Å². The molecule has 0 fully saturated rings. The second kappa shape index (κ2) is 5.35. The number of aliphatic imine (C=N–C) groups is 1. The summed E-state index contributed by atoms with van der Waals surface area (Å²) in [5.74, 6) is -1.82. The highest BCUT2D eigenvalue weighted by molar-refractivity contribution is 6.12.